The number of benzene rings is 2. The summed E-state index contributed by atoms with van der Waals surface area (Å²) in [5.41, 5.74) is 3.81. The molecular formula is C35H51FO7S. The lowest BCUT2D eigenvalue weighted by atomic mass is 9.78. The number of methoxy groups -OCH3 is 3. The maximum atomic E-state index is 13.5. The zero-order chi connectivity index (χ0) is 34.2. The van der Waals surface area contributed by atoms with Gasteiger partial charge in [0.05, 0.1) is 21.3 Å². The number of ether oxygens (including phenoxy) is 3. The van der Waals surface area contributed by atoms with Gasteiger partial charge < -0.3 is 18.4 Å². The molecule has 0 N–H and O–H groups in total. The van der Waals surface area contributed by atoms with E-state index in [1.165, 1.54) is 21.3 Å². The lowest BCUT2D eigenvalue weighted by Crippen LogP contribution is -2.16. The van der Waals surface area contributed by atoms with E-state index in [-0.39, 0.29) is 23.3 Å². The zero-order valence-corrected chi connectivity index (χ0v) is 29.1. The third-order valence-corrected chi connectivity index (χ3v) is 8.18. The predicted molar refractivity (Wildman–Crippen MR) is 178 cm³/mol. The van der Waals surface area contributed by atoms with Crippen LogP contribution in [0.1, 0.15) is 106 Å². The van der Waals surface area contributed by atoms with Crippen molar-refractivity contribution >= 4 is 16.1 Å². The van der Waals surface area contributed by atoms with Crippen LogP contribution in [0, 0.1) is 0 Å². The number of allylic oxidation sites excluding steroid dienone is 3. The molecule has 2 aromatic rings. The van der Waals surface area contributed by atoms with Crippen LogP contribution in [0.15, 0.2) is 60.3 Å². The summed E-state index contributed by atoms with van der Waals surface area (Å²) in [5, 5.41) is 0. The molecule has 2 rings (SSSR count). The molecule has 7 nitrogen and oxygen atoms in total. The molecule has 0 aromatic heterocycles. The van der Waals surface area contributed by atoms with E-state index in [0.717, 1.165) is 41.7 Å². The third kappa shape index (κ3) is 9.97. The first-order valence-electron chi connectivity index (χ1n) is 15.0. The SMILES string of the molecule is C=C/C(=C\C(=C)F)S(=O)(=O)Oc1c(OC)ccc(C(C)C(C)c2cc(C(=O)OC)c(OC)cc2CCC)c1CC.CC.CC. The second-order valence-electron chi connectivity index (χ2n) is 9.32. The Labute approximate surface area is 264 Å². The zero-order valence-electron chi connectivity index (χ0n) is 28.3. The van der Waals surface area contributed by atoms with Gasteiger partial charge in [-0.2, -0.15) is 8.42 Å². The van der Waals surface area contributed by atoms with Crippen molar-refractivity contribution < 1.29 is 36.0 Å². The number of rotatable bonds is 14. The van der Waals surface area contributed by atoms with Crippen LogP contribution in [0.5, 0.6) is 17.2 Å². The number of aryl methyl sites for hydroxylation is 1. The highest BCUT2D eigenvalue weighted by molar-refractivity contribution is 7.91. The van der Waals surface area contributed by atoms with Gasteiger partial charge in [-0.1, -0.05) is 81.0 Å². The van der Waals surface area contributed by atoms with Gasteiger partial charge >= 0.3 is 16.1 Å². The predicted octanol–water partition coefficient (Wildman–Crippen LogP) is 9.23. The molecule has 0 bridgehead atoms. The second-order valence-corrected chi connectivity index (χ2v) is 10.9. The Morgan fingerprint density at radius 2 is 1.52 bits per heavy atom. The number of carbonyl (C=O) groups is 1. The molecule has 0 saturated carbocycles. The van der Waals surface area contributed by atoms with Gasteiger partial charge in [-0.3, -0.25) is 0 Å². The number of halogens is 1. The first kappa shape index (κ1) is 40.4. The van der Waals surface area contributed by atoms with Gasteiger partial charge in [0.1, 0.15) is 22.0 Å². The summed E-state index contributed by atoms with van der Waals surface area (Å²) in [6.07, 6.45) is 3.82. The summed E-state index contributed by atoms with van der Waals surface area (Å²) >= 11 is 0. The first-order valence-corrected chi connectivity index (χ1v) is 16.4. The van der Waals surface area contributed by atoms with E-state index in [2.05, 4.69) is 27.0 Å². The first-order chi connectivity index (χ1) is 20.9. The van der Waals surface area contributed by atoms with Crippen molar-refractivity contribution in [2.75, 3.05) is 21.3 Å². The maximum Gasteiger partial charge on any atom is 0.341 e. The molecule has 246 valence electrons. The molecule has 0 fully saturated rings. The summed E-state index contributed by atoms with van der Waals surface area (Å²) in [4.78, 5) is 12.1. The molecule has 0 heterocycles. The molecule has 9 heteroatoms. The summed E-state index contributed by atoms with van der Waals surface area (Å²) in [7, 11) is -0.193. The number of carbonyl (C=O) groups excluding carboxylic acids is 1. The van der Waals surface area contributed by atoms with E-state index in [9.17, 15) is 17.6 Å². The highest BCUT2D eigenvalue weighted by Crippen LogP contribution is 2.44. The molecule has 0 aliphatic rings. The average Bonchev–Trinajstić information content (AvgIpc) is 3.03. The summed E-state index contributed by atoms with van der Waals surface area (Å²) < 4.78 is 61.1. The molecule has 0 radical (unpaired) electrons. The Morgan fingerprint density at radius 1 is 0.955 bits per heavy atom. The van der Waals surface area contributed by atoms with E-state index in [1.54, 1.807) is 6.07 Å². The molecule has 0 aliphatic carbocycles. The molecule has 44 heavy (non-hydrogen) atoms. The van der Waals surface area contributed by atoms with E-state index < -0.39 is 26.8 Å². The normalized spacial score (nSPS) is 12.3. The van der Waals surface area contributed by atoms with Gasteiger partial charge in [0.15, 0.2) is 11.5 Å². The summed E-state index contributed by atoms with van der Waals surface area (Å²) in [6.45, 7) is 22.6. The molecular weight excluding hydrogens is 583 g/mol. The molecule has 0 saturated heterocycles. The Balaban J connectivity index is 0.00000443. The Morgan fingerprint density at radius 3 is 1.98 bits per heavy atom. The molecule has 2 unspecified atom stereocenters. The summed E-state index contributed by atoms with van der Waals surface area (Å²) in [6, 6.07) is 7.23. The Kier molecular flexibility index (Phi) is 18.0. The van der Waals surface area contributed by atoms with Gasteiger partial charge in [-0.15, -0.1) is 0 Å². The molecule has 2 atom stereocenters. The lowest BCUT2D eigenvalue weighted by molar-refractivity contribution is 0.0597. The van der Waals surface area contributed by atoms with Gasteiger partial charge in [0, 0.05) is 5.56 Å². The van der Waals surface area contributed by atoms with E-state index in [4.69, 9.17) is 18.4 Å². The topological polar surface area (TPSA) is 88.1 Å². The van der Waals surface area contributed by atoms with Crippen LogP contribution >= 0.6 is 0 Å². The smallest absolute Gasteiger partial charge is 0.341 e. The molecule has 2 aromatic carbocycles. The fraction of sp³-hybridized carbons (Fsp3) is 0.457. The maximum absolute atomic E-state index is 13.5. The minimum Gasteiger partial charge on any atom is -0.496 e. The minimum absolute atomic E-state index is 0.0255. The largest absolute Gasteiger partial charge is 0.496 e. The Bertz CT molecular complexity index is 1390. The summed E-state index contributed by atoms with van der Waals surface area (Å²) in [5.74, 6) is -0.996. The standard InChI is InChI=1S/C31H39FO7S.2C2H6/c1-10-13-22-17-29(37-8)27(31(33)38-9)18-26(22)21(6)20(5)25-14-15-28(36-7)30(24(25)12-3)39-40(34,35)23(11-2)16-19(4)32;2*1-2/h11,14-18,20-21H,2,4,10,12-13H2,1,3,5-9H3;2*1-2H3/b23-16+;;. The second kappa shape index (κ2) is 19.6. The highest BCUT2D eigenvalue weighted by atomic mass is 32.2. The monoisotopic (exact) mass is 634 g/mol. The minimum atomic E-state index is -4.44. The van der Waals surface area contributed by atoms with Gasteiger partial charge in [-0.25, -0.2) is 9.18 Å². The van der Waals surface area contributed by atoms with Crippen LogP contribution in [0.4, 0.5) is 4.39 Å². The van der Waals surface area contributed by atoms with Crippen LogP contribution < -0.4 is 13.7 Å². The van der Waals surface area contributed by atoms with Crippen molar-refractivity contribution in [2.45, 2.75) is 86.5 Å². The molecule has 0 spiro atoms. The van der Waals surface area contributed by atoms with Gasteiger partial charge in [-0.05, 0) is 71.7 Å². The van der Waals surface area contributed by atoms with Crippen molar-refractivity contribution in [3.8, 4) is 17.2 Å². The van der Waals surface area contributed by atoms with Crippen molar-refractivity contribution in [1.29, 1.82) is 0 Å². The number of hydrogen-bond donors (Lipinski definition) is 0. The fourth-order valence-corrected chi connectivity index (χ4v) is 5.71. The molecule has 0 aliphatic heterocycles. The average molecular weight is 635 g/mol. The van der Waals surface area contributed by atoms with Crippen molar-refractivity contribution in [3.63, 3.8) is 0 Å². The van der Waals surface area contributed by atoms with E-state index in [0.29, 0.717) is 23.3 Å². The number of esters is 1. The van der Waals surface area contributed by atoms with E-state index >= 15 is 0 Å². The van der Waals surface area contributed by atoms with Crippen LogP contribution in [0.25, 0.3) is 0 Å². The van der Waals surface area contributed by atoms with E-state index in [1.807, 2.05) is 59.7 Å². The number of hydrogen-bond acceptors (Lipinski definition) is 7. The quantitative estimate of drug-likeness (QED) is 0.116. The van der Waals surface area contributed by atoms with Crippen molar-refractivity contribution in [3.05, 3.63) is 88.1 Å². The Hall–Kier alpha value is -3.59. The van der Waals surface area contributed by atoms with Crippen LogP contribution in [-0.4, -0.2) is 35.7 Å². The van der Waals surface area contributed by atoms with Crippen LogP contribution in [0.3, 0.4) is 0 Å². The molecule has 0 amide bonds. The van der Waals surface area contributed by atoms with Gasteiger partial charge in [0.25, 0.3) is 0 Å². The van der Waals surface area contributed by atoms with Gasteiger partial charge in [0.2, 0.25) is 0 Å². The lowest BCUT2D eigenvalue weighted by Gasteiger charge is -2.27. The fourth-order valence-electron chi connectivity index (χ4n) is 4.74. The van der Waals surface area contributed by atoms with Crippen molar-refractivity contribution in [2.24, 2.45) is 0 Å². The van der Waals surface area contributed by atoms with Crippen LogP contribution in [0.2, 0.25) is 0 Å². The highest BCUT2D eigenvalue weighted by Gasteiger charge is 2.29. The van der Waals surface area contributed by atoms with Crippen molar-refractivity contribution in [1.82, 2.24) is 0 Å². The third-order valence-electron chi connectivity index (χ3n) is 6.93. The van der Waals surface area contributed by atoms with Crippen LogP contribution in [-0.2, 0) is 27.7 Å².